The molecule has 2 aromatic carbocycles. The molecule has 0 aliphatic rings. The van der Waals surface area contributed by atoms with Crippen LogP contribution in [-0.4, -0.2) is 6.54 Å². The van der Waals surface area contributed by atoms with Crippen LogP contribution in [0.2, 0.25) is 10.0 Å². The zero-order valence-corrected chi connectivity index (χ0v) is 13.1. The van der Waals surface area contributed by atoms with E-state index in [4.69, 9.17) is 23.2 Å². The van der Waals surface area contributed by atoms with Gasteiger partial charge in [0, 0.05) is 16.6 Å². The van der Waals surface area contributed by atoms with E-state index in [1.54, 1.807) is 0 Å². The second-order valence-electron chi connectivity index (χ2n) is 5.01. The van der Waals surface area contributed by atoms with Crippen molar-refractivity contribution in [3.63, 3.8) is 0 Å². The Morgan fingerprint density at radius 3 is 2.55 bits per heavy atom. The maximum atomic E-state index is 6.13. The van der Waals surface area contributed by atoms with E-state index in [0.29, 0.717) is 5.92 Å². The van der Waals surface area contributed by atoms with E-state index in [2.05, 4.69) is 42.6 Å². The Balaban J connectivity index is 1.78. The van der Waals surface area contributed by atoms with Gasteiger partial charge in [-0.05, 0) is 48.2 Å². The summed E-state index contributed by atoms with van der Waals surface area (Å²) in [5.74, 6) is 0.554. The predicted octanol–water partition coefficient (Wildman–Crippen LogP) is 5.28. The summed E-state index contributed by atoms with van der Waals surface area (Å²) in [6, 6.07) is 16.2. The third kappa shape index (κ3) is 4.52. The van der Waals surface area contributed by atoms with Gasteiger partial charge in [0.05, 0.1) is 0 Å². The molecule has 0 fully saturated rings. The molecule has 0 spiro atoms. The standard InChI is InChI=1S/C17H19Cl2N/c1-13(14-5-3-2-4-6-14)9-10-20-12-15-11-16(18)7-8-17(15)19/h2-8,11,13,20H,9-10,12H2,1H3. The average Bonchev–Trinajstić information content (AvgIpc) is 2.47. The Kier molecular flexibility index (Phi) is 5.90. The molecule has 0 aromatic heterocycles. The van der Waals surface area contributed by atoms with Gasteiger partial charge in [-0.2, -0.15) is 0 Å². The summed E-state index contributed by atoms with van der Waals surface area (Å²) < 4.78 is 0. The van der Waals surface area contributed by atoms with Gasteiger partial charge in [-0.25, -0.2) is 0 Å². The summed E-state index contributed by atoms with van der Waals surface area (Å²) in [6.45, 7) is 3.96. The molecule has 106 valence electrons. The number of rotatable bonds is 6. The van der Waals surface area contributed by atoms with Crippen LogP contribution in [0.3, 0.4) is 0 Å². The molecule has 2 rings (SSSR count). The van der Waals surface area contributed by atoms with Gasteiger partial charge in [-0.3, -0.25) is 0 Å². The molecule has 0 saturated heterocycles. The van der Waals surface area contributed by atoms with E-state index in [-0.39, 0.29) is 0 Å². The zero-order chi connectivity index (χ0) is 14.4. The van der Waals surface area contributed by atoms with Gasteiger partial charge in [0.25, 0.3) is 0 Å². The van der Waals surface area contributed by atoms with Gasteiger partial charge in [0.2, 0.25) is 0 Å². The van der Waals surface area contributed by atoms with Gasteiger partial charge < -0.3 is 5.32 Å². The number of halogens is 2. The fourth-order valence-corrected chi connectivity index (χ4v) is 2.55. The topological polar surface area (TPSA) is 12.0 Å². The molecule has 2 aromatic rings. The van der Waals surface area contributed by atoms with Gasteiger partial charge >= 0.3 is 0 Å². The quantitative estimate of drug-likeness (QED) is 0.716. The fraction of sp³-hybridized carbons (Fsp3) is 0.294. The van der Waals surface area contributed by atoms with Crippen molar-refractivity contribution in [1.29, 1.82) is 0 Å². The minimum atomic E-state index is 0.554. The normalized spacial score (nSPS) is 12.3. The van der Waals surface area contributed by atoms with E-state index in [1.165, 1.54) is 5.56 Å². The molecular weight excluding hydrogens is 289 g/mol. The van der Waals surface area contributed by atoms with Gasteiger partial charge in [0.1, 0.15) is 0 Å². The lowest BCUT2D eigenvalue weighted by Crippen LogP contribution is -2.16. The number of nitrogens with one attached hydrogen (secondary N) is 1. The summed E-state index contributed by atoms with van der Waals surface area (Å²) in [4.78, 5) is 0. The van der Waals surface area contributed by atoms with Gasteiger partial charge in [-0.1, -0.05) is 60.5 Å². The molecule has 0 radical (unpaired) electrons. The zero-order valence-electron chi connectivity index (χ0n) is 11.6. The molecule has 0 heterocycles. The SMILES string of the molecule is CC(CCNCc1cc(Cl)ccc1Cl)c1ccccc1. The molecule has 3 heteroatoms. The van der Waals surface area contributed by atoms with E-state index in [1.807, 2.05) is 18.2 Å². The van der Waals surface area contributed by atoms with Crippen molar-refractivity contribution in [1.82, 2.24) is 5.32 Å². The third-order valence-corrected chi connectivity index (χ3v) is 4.05. The van der Waals surface area contributed by atoms with Crippen molar-refractivity contribution < 1.29 is 0 Å². The minimum Gasteiger partial charge on any atom is -0.313 e. The lowest BCUT2D eigenvalue weighted by molar-refractivity contribution is 0.594. The van der Waals surface area contributed by atoms with Crippen LogP contribution in [0.1, 0.15) is 30.4 Å². The molecule has 0 bridgehead atoms. The molecule has 1 nitrogen and oxygen atoms in total. The second-order valence-corrected chi connectivity index (χ2v) is 5.86. The predicted molar refractivity (Wildman–Crippen MR) is 87.6 cm³/mol. The molecule has 1 unspecified atom stereocenters. The van der Waals surface area contributed by atoms with Crippen LogP contribution in [0.15, 0.2) is 48.5 Å². The molecule has 1 N–H and O–H groups in total. The lowest BCUT2D eigenvalue weighted by Gasteiger charge is -2.13. The van der Waals surface area contributed by atoms with Crippen LogP contribution in [0.25, 0.3) is 0 Å². The van der Waals surface area contributed by atoms with Crippen LogP contribution in [-0.2, 0) is 6.54 Å². The Hall–Kier alpha value is -1.02. The van der Waals surface area contributed by atoms with Crippen molar-refractivity contribution in [3.05, 3.63) is 69.7 Å². The monoisotopic (exact) mass is 307 g/mol. The largest absolute Gasteiger partial charge is 0.313 e. The number of hydrogen-bond donors (Lipinski definition) is 1. The van der Waals surface area contributed by atoms with Gasteiger partial charge in [-0.15, -0.1) is 0 Å². The Morgan fingerprint density at radius 2 is 1.80 bits per heavy atom. The highest BCUT2D eigenvalue weighted by molar-refractivity contribution is 6.33. The number of hydrogen-bond acceptors (Lipinski definition) is 1. The molecule has 0 saturated carbocycles. The van der Waals surface area contributed by atoms with Crippen LogP contribution in [0.5, 0.6) is 0 Å². The van der Waals surface area contributed by atoms with E-state index in [0.717, 1.165) is 35.1 Å². The lowest BCUT2D eigenvalue weighted by atomic mass is 9.98. The molecular formula is C17H19Cl2N. The third-order valence-electron chi connectivity index (χ3n) is 3.45. The maximum Gasteiger partial charge on any atom is 0.0451 e. The van der Waals surface area contributed by atoms with Crippen molar-refractivity contribution in [3.8, 4) is 0 Å². The van der Waals surface area contributed by atoms with Crippen LogP contribution < -0.4 is 5.32 Å². The van der Waals surface area contributed by atoms with E-state index >= 15 is 0 Å². The summed E-state index contributed by atoms with van der Waals surface area (Å²) in [6.07, 6.45) is 1.10. The first-order chi connectivity index (χ1) is 9.66. The smallest absolute Gasteiger partial charge is 0.0451 e. The Morgan fingerprint density at radius 1 is 1.05 bits per heavy atom. The molecule has 0 amide bonds. The van der Waals surface area contributed by atoms with Crippen LogP contribution in [0, 0.1) is 0 Å². The van der Waals surface area contributed by atoms with Crippen molar-refractivity contribution in [2.24, 2.45) is 0 Å². The molecule has 0 aliphatic carbocycles. The van der Waals surface area contributed by atoms with E-state index < -0.39 is 0 Å². The van der Waals surface area contributed by atoms with Crippen molar-refractivity contribution in [2.75, 3.05) is 6.54 Å². The highest BCUT2D eigenvalue weighted by Crippen LogP contribution is 2.21. The molecule has 20 heavy (non-hydrogen) atoms. The van der Waals surface area contributed by atoms with Crippen molar-refractivity contribution >= 4 is 23.2 Å². The molecule has 0 aliphatic heterocycles. The highest BCUT2D eigenvalue weighted by Gasteiger charge is 2.05. The first-order valence-electron chi connectivity index (χ1n) is 6.86. The molecule has 1 atom stereocenters. The average molecular weight is 308 g/mol. The second kappa shape index (κ2) is 7.68. The highest BCUT2D eigenvalue weighted by atomic mass is 35.5. The summed E-state index contributed by atoms with van der Waals surface area (Å²) in [5, 5.41) is 4.92. The number of benzene rings is 2. The summed E-state index contributed by atoms with van der Waals surface area (Å²) >= 11 is 12.1. The minimum absolute atomic E-state index is 0.554. The first kappa shape index (κ1) is 15.4. The Labute approximate surface area is 130 Å². The fourth-order valence-electron chi connectivity index (χ4n) is 2.17. The summed E-state index contributed by atoms with van der Waals surface area (Å²) in [7, 11) is 0. The van der Waals surface area contributed by atoms with Crippen LogP contribution >= 0.6 is 23.2 Å². The summed E-state index contributed by atoms with van der Waals surface area (Å²) in [5.41, 5.74) is 2.43. The maximum absolute atomic E-state index is 6.13. The Bertz CT molecular complexity index is 540. The first-order valence-corrected chi connectivity index (χ1v) is 7.62. The van der Waals surface area contributed by atoms with E-state index in [9.17, 15) is 0 Å². The van der Waals surface area contributed by atoms with Gasteiger partial charge in [0.15, 0.2) is 0 Å². The van der Waals surface area contributed by atoms with Crippen LogP contribution in [0.4, 0.5) is 0 Å². The van der Waals surface area contributed by atoms with Crippen molar-refractivity contribution in [2.45, 2.75) is 25.8 Å².